The maximum Gasteiger partial charge on any atom is 0.142 e. The molecule has 0 saturated carbocycles. The number of benzene rings is 2. The van der Waals surface area contributed by atoms with Gasteiger partial charge in [-0.05, 0) is 49.2 Å². The standard InChI is InChI=1S/C16H19NOS/c1-12-7-8-14(11-13(12)2)19-10-9-18-16-6-4-3-5-15(16)17/h3-8,11H,9-10,17H2,1-2H3. The average Bonchev–Trinajstić information content (AvgIpc) is 2.40. The molecule has 2 nitrogen and oxygen atoms in total. The molecule has 0 fully saturated rings. The molecule has 2 aromatic rings. The number of hydrogen-bond acceptors (Lipinski definition) is 3. The first-order valence-electron chi connectivity index (χ1n) is 6.34. The van der Waals surface area contributed by atoms with E-state index in [9.17, 15) is 0 Å². The van der Waals surface area contributed by atoms with Crippen molar-refractivity contribution in [1.29, 1.82) is 0 Å². The molecule has 2 N–H and O–H groups in total. The summed E-state index contributed by atoms with van der Waals surface area (Å²) >= 11 is 1.80. The third-order valence-corrected chi connectivity index (χ3v) is 3.97. The van der Waals surface area contributed by atoms with Crippen LogP contribution in [0, 0.1) is 13.8 Å². The molecule has 3 heteroatoms. The smallest absolute Gasteiger partial charge is 0.142 e. The van der Waals surface area contributed by atoms with E-state index in [1.165, 1.54) is 16.0 Å². The quantitative estimate of drug-likeness (QED) is 0.507. The van der Waals surface area contributed by atoms with E-state index in [1.807, 2.05) is 24.3 Å². The number of ether oxygens (including phenoxy) is 1. The summed E-state index contributed by atoms with van der Waals surface area (Å²) in [6, 6.07) is 14.1. The maximum atomic E-state index is 5.82. The Labute approximate surface area is 119 Å². The molecule has 0 aliphatic rings. The van der Waals surface area contributed by atoms with Crippen LogP contribution in [-0.2, 0) is 0 Å². The van der Waals surface area contributed by atoms with Crippen LogP contribution in [0.15, 0.2) is 47.4 Å². The summed E-state index contributed by atoms with van der Waals surface area (Å²) in [6.45, 7) is 4.93. The summed E-state index contributed by atoms with van der Waals surface area (Å²) < 4.78 is 5.67. The van der Waals surface area contributed by atoms with E-state index < -0.39 is 0 Å². The third-order valence-electron chi connectivity index (χ3n) is 3.01. The van der Waals surface area contributed by atoms with E-state index in [1.54, 1.807) is 11.8 Å². The molecule has 2 rings (SSSR count). The summed E-state index contributed by atoms with van der Waals surface area (Å²) in [5, 5.41) is 0. The van der Waals surface area contributed by atoms with E-state index in [4.69, 9.17) is 10.5 Å². The zero-order valence-corrected chi connectivity index (χ0v) is 12.2. The van der Waals surface area contributed by atoms with Gasteiger partial charge in [0.2, 0.25) is 0 Å². The molecule has 0 radical (unpaired) electrons. The summed E-state index contributed by atoms with van der Waals surface area (Å²) in [5.74, 6) is 1.68. The number of rotatable bonds is 5. The number of anilines is 1. The molecule has 0 unspecified atom stereocenters. The fourth-order valence-electron chi connectivity index (χ4n) is 1.73. The van der Waals surface area contributed by atoms with Gasteiger partial charge in [-0.25, -0.2) is 0 Å². The Balaban J connectivity index is 1.81. The summed E-state index contributed by atoms with van der Waals surface area (Å²) in [5.41, 5.74) is 9.17. The van der Waals surface area contributed by atoms with Crippen LogP contribution in [0.1, 0.15) is 11.1 Å². The maximum absolute atomic E-state index is 5.82. The first kappa shape index (κ1) is 13.8. The van der Waals surface area contributed by atoms with Crippen LogP contribution >= 0.6 is 11.8 Å². The Bertz CT molecular complexity index is 554. The second kappa shape index (κ2) is 6.53. The Morgan fingerprint density at radius 1 is 1.05 bits per heavy atom. The lowest BCUT2D eigenvalue weighted by molar-refractivity contribution is 0.346. The zero-order chi connectivity index (χ0) is 13.7. The SMILES string of the molecule is Cc1ccc(SCCOc2ccccc2N)cc1C. The fourth-order valence-corrected chi connectivity index (χ4v) is 2.55. The second-order valence-corrected chi connectivity index (χ2v) is 5.65. The molecule has 0 aliphatic carbocycles. The van der Waals surface area contributed by atoms with Crippen LogP contribution in [0.25, 0.3) is 0 Å². The molecule has 100 valence electrons. The molecule has 0 saturated heterocycles. The van der Waals surface area contributed by atoms with Gasteiger partial charge in [0.25, 0.3) is 0 Å². The predicted octanol–water partition coefficient (Wildman–Crippen LogP) is 4.06. The van der Waals surface area contributed by atoms with Gasteiger partial charge in [0.05, 0.1) is 12.3 Å². The van der Waals surface area contributed by atoms with E-state index in [-0.39, 0.29) is 0 Å². The van der Waals surface area contributed by atoms with Crippen molar-refractivity contribution in [3.8, 4) is 5.75 Å². The fraction of sp³-hybridized carbons (Fsp3) is 0.250. The molecule has 0 bridgehead atoms. The molecule has 0 aliphatic heterocycles. The van der Waals surface area contributed by atoms with Gasteiger partial charge in [-0.15, -0.1) is 11.8 Å². The largest absolute Gasteiger partial charge is 0.491 e. The molecule has 2 aromatic carbocycles. The minimum absolute atomic E-state index is 0.659. The van der Waals surface area contributed by atoms with Gasteiger partial charge < -0.3 is 10.5 Å². The highest BCUT2D eigenvalue weighted by atomic mass is 32.2. The van der Waals surface area contributed by atoms with Crippen molar-refractivity contribution in [2.75, 3.05) is 18.1 Å². The predicted molar refractivity (Wildman–Crippen MR) is 83.0 cm³/mol. The van der Waals surface area contributed by atoms with Crippen molar-refractivity contribution in [3.05, 3.63) is 53.6 Å². The number of nitrogen functional groups attached to an aromatic ring is 1. The van der Waals surface area contributed by atoms with E-state index in [2.05, 4.69) is 32.0 Å². The van der Waals surface area contributed by atoms with Crippen LogP contribution < -0.4 is 10.5 Å². The average molecular weight is 273 g/mol. The van der Waals surface area contributed by atoms with Crippen molar-refractivity contribution < 1.29 is 4.74 Å². The Morgan fingerprint density at radius 2 is 1.84 bits per heavy atom. The zero-order valence-electron chi connectivity index (χ0n) is 11.3. The van der Waals surface area contributed by atoms with Crippen LogP contribution in [0.5, 0.6) is 5.75 Å². The van der Waals surface area contributed by atoms with E-state index in [0.717, 1.165) is 11.5 Å². The van der Waals surface area contributed by atoms with Crippen LogP contribution in [0.3, 0.4) is 0 Å². The van der Waals surface area contributed by atoms with Gasteiger partial charge in [0.15, 0.2) is 0 Å². The normalized spacial score (nSPS) is 10.4. The monoisotopic (exact) mass is 273 g/mol. The Kier molecular flexibility index (Phi) is 4.74. The Hall–Kier alpha value is -1.61. The van der Waals surface area contributed by atoms with Gasteiger partial charge in [-0.1, -0.05) is 18.2 Å². The van der Waals surface area contributed by atoms with Crippen molar-refractivity contribution in [3.63, 3.8) is 0 Å². The van der Waals surface area contributed by atoms with Crippen LogP contribution in [-0.4, -0.2) is 12.4 Å². The lowest BCUT2D eigenvalue weighted by atomic mass is 10.1. The summed E-state index contributed by atoms with van der Waals surface area (Å²) in [6.07, 6.45) is 0. The van der Waals surface area contributed by atoms with Gasteiger partial charge >= 0.3 is 0 Å². The molecule has 19 heavy (non-hydrogen) atoms. The van der Waals surface area contributed by atoms with Gasteiger partial charge in [-0.3, -0.25) is 0 Å². The summed E-state index contributed by atoms with van der Waals surface area (Å²) in [7, 11) is 0. The molecule has 0 amide bonds. The van der Waals surface area contributed by atoms with Crippen LogP contribution in [0.2, 0.25) is 0 Å². The number of thioether (sulfide) groups is 1. The molecule has 0 spiro atoms. The molecule has 0 aromatic heterocycles. The van der Waals surface area contributed by atoms with Crippen LogP contribution in [0.4, 0.5) is 5.69 Å². The highest BCUT2D eigenvalue weighted by Crippen LogP contribution is 2.23. The molecular formula is C16H19NOS. The molecular weight excluding hydrogens is 254 g/mol. The van der Waals surface area contributed by atoms with Crippen molar-refractivity contribution in [2.45, 2.75) is 18.7 Å². The Morgan fingerprint density at radius 3 is 2.58 bits per heavy atom. The number of hydrogen-bond donors (Lipinski definition) is 1. The number of aryl methyl sites for hydroxylation is 2. The highest BCUT2D eigenvalue weighted by molar-refractivity contribution is 7.99. The lowest BCUT2D eigenvalue weighted by Crippen LogP contribution is -2.02. The summed E-state index contributed by atoms with van der Waals surface area (Å²) in [4.78, 5) is 1.28. The molecule has 0 atom stereocenters. The van der Waals surface area contributed by atoms with Gasteiger partial charge in [-0.2, -0.15) is 0 Å². The van der Waals surface area contributed by atoms with Gasteiger partial charge in [0, 0.05) is 10.6 Å². The van der Waals surface area contributed by atoms with Gasteiger partial charge in [0.1, 0.15) is 5.75 Å². The van der Waals surface area contributed by atoms with Crippen molar-refractivity contribution in [1.82, 2.24) is 0 Å². The number of para-hydroxylation sites is 2. The minimum Gasteiger partial charge on any atom is -0.491 e. The topological polar surface area (TPSA) is 35.2 Å². The highest BCUT2D eigenvalue weighted by Gasteiger charge is 2.00. The van der Waals surface area contributed by atoms with E-state index >= 15 is 0 Å². The minimum atomic E-state index is 0.659. The third kappa shape index (κ3) is 3.93. The first-order valence-corrected chi connectivity index (χ1v) is 7.33. The van der Waals surface area contributed by atoms with Crippen molar-refractivity contribution in [2.24, 2.45) is 0 Å². The number of nitrogens with two attached hydrogens (primary N) is 1. The first-order chi connectivity index (χ1) is 9.16. The van der Waals surface area contributed by atoms with E-state index in [0.29, 0.717) is 12.3 Å². The molecule has 0 heterocycles. The second-order valence-electron chi connectivity index (χ2n) is 4.48. The lowest BCUT2D eigenvalue weighted by Gasteiger charge is -2.09. The van der Waals surface area contributed by atoms with Crippen molar-refractivity contribution >= 4 is 17.4 Å².